The van der Waals surface area contributed by atoms with E-state index >= 15 is 0 Å². The molecule has 2 N–H and O–H groups in total. The third kappa shape index (κ3) is 4.24. The zero-order chi connectivity index (χ0) is 18.6. The molecule has 2 aliphatic rings. The van der Waals surface area contributed by atoms with Gasteiger partial charge < -0.3 is 24.6 Å². The minimum Gasteiger partial charge on any atom is -0.380 e. The SMILES string of the molecule is CCCN1CCC(O)(C(=O)NC2CCc3nnc(COC)n3CC2)CC1. The topological polar surface area (TPSA) is 92.5 Å². The molecule has 1 saturated heterocycles. The standard InChI is InChI=1S/C18H31N5O3/c1-3-9-22-11-7-18(25,8-12-22)17(24)19-14-4-5-15-20-21-16(13-26-2)23(15)10-6-14/h14,25H,3-13H2,1-2H3,(H,19,24). The summed E-state index contributed by atoms with van der Waals surface area (Å²) in [5, 5.41) is 22.3. The van der Waals surface area contributed by atoms with Gasteiger partial charge in [-0.1, -0.05) is 6.92 Å². The molecule has 8 nitrogen and oxygen atoms in total. The molecule has 0 aromatic carbocycles. The van der Waals surface area contributed by atoms with E-state index in [2.05, 4.69) is 31.9 Å². The van der Waals surface area contributed by atoms with E-state index in [1.807, 2.05) is 0 Å². The van der Waals surface area contributed by atoms with Crippen LogP contribution in [0.3, 0.4) is 0 Å². The summed E-state index contributed by atoms with van der Waals surface area (Å²) in [6.45, 7) is 5.95. The van der Waals surface area contributed by atoms with Gasteiger partial charge in [-0.3, -0.25) is 4.79 Å². The molecule has 0 bridgehead atoms. The number of aliphatic hydroxyl groups is 1. The summed E-state index contributed by atoms with van der Waals surface area (Å²) in [6.07, 6.45) is 4.51. The van der Waals surface area contributed by atoms with Crippen LogP contribution in [0.1, 0.15) is 50.7 Å². The predicted octanol–water partition coefficient (Wildman–Crippen LogP) is 0.483. The number of nitrogens with one attached hydrogen (secondary N) is 1. The Morgan fingerprint density at radius 2 is 2.08 bits per heavy atom. The Kier molecular flexibility index (Phi) is 6.26. The minimum atomic E-state index is -1.23. The summed E-state index contributed by atoms with van der Waals surface area (Å²) in [5.74, 6) is 1.56. The number of carbonyl (C=O) groups excluding carboxylic acids is 1. The number of nitrogens with zero attached hydrogens (tertiary/aromatic N) is 4. The first-order chi connectivity index (χ1) is 12.6. The quantitative estimate of drug-likeness (QED) is 0.762. The average Bonchev–Trinajstić information content (AvgIpc) is 2.90. The highest BCUT2D eigenvalue weighted by Crippen LogP contribution is 2.24. The van der Waals surface area contributed by atoms with Gasteiger partial charge in [-0.15, -0.1) is 10.2 Å². The lowest BCUT2D eigenvalue weighted by Gasteiger charge is -2.37. The Labute approximate surface area is 154 Å². The van der Waals surface area contributed by atoms with E-state index in [4.69, 9.17) is 4.74 Å². The van der Waals surface area contributed by atoms with Crippen LogP contribution in [0.25, 0.3) is 0 Å². The molecule has 0 spiro atoms. The molecule has 3 rings (SSSR count). The van der Waals surface area contributed by atoms with Gasteiger partial charge >= 0.3 is 0 Å². The number of methoxy groups -OCH3 is 1. The lowest BCUT2D eigenvalue weighted by Crippen LogP contribution is -2.55. The van der Waals surface area contributed by atoms with Crippen LogP contribution in [0.5, 0.6) is 0 Å². The van der Waals surface area contributed by atoms with Gasteiger partial charge in [0.15, 0.2) is 5.82 Å². The summed E-state index contributed by atoms with van der Waals surface area (Å²) >= 11 is 0. The van der Waals surface area contributed by atoms with Gasteiger partial charge in [0.05, 0.1) is 0 Å². The molecule has 0 saturated carbocycles. The van der Waals surface area contributed by atoms with Crippen LogP contribution in [0.2, 0.25) is 0 Å². The summed E-state index contributed by atoms with van der Waals surface area (Å²) in [6, 6.07) is 0.0530. The Hall–Kier alpha value is -1.51. The van der Waals surface area contributed by atoms with Crippen LogP contribution in [0.4, 0.5) is 0 Å². The molecule has 146 valence electrons. The van der Waals surface area contributed by atoms with Gasteiger partial charge in [-0.25, -0.2) is 0 Å². The van der Waals surface area contributed by atoms with Crippen LogP contribution in [-0.4, -0.2) is 69.1 Å². The Morgan fingerprint density at radius 3 is 2.77 bits per heavy atom. The molecule has 2 aliphatic heterocycles. The number of piperidine rings is 1. The fraction of sp³-hybridized carbons (Fsp3) is 0.833. The van der Waals surface area contributed by atoms with Crippen molar-refractivity contribution < 1.29 is 14.6 Å². The van der Waals surface area contributed by atoms with Gasteiger partial charge in [0.1, 0.15) is 18.0 Å². The Bertz CT molecular complexity index is 610. The van der Waals surface area contributed by atoms with Crippen LogP contribution >= 0.6 is 0 Å². The first kappa shape index (κ1) is 19.3. The highest BCUT2D eigenvalue weighted by Gasteiger charge is 2.40. The lowest BCUT2D eigenvalue weighted by atomic mass is 9.89. The molecule has 8 heteroatoms. The second-order valence-electron chi connectivity index (χ2n) is 7.49. The summed E-state index contributed by atoms with van der Waals surface area (Å²) in [7, 11) is 1.65. The minimum absolute atomic E-state index is 0.0530. The molecular weight excluding hydrogens is 334 g/mol. The van der Waals surface area contributed by atoms with Crippen LogP contribution < -0.4 is 5.32 Å². The summed E-state index contributed by atoms with van der Waals surface area (Å²) in [5.41, 5.74) is -1.23. The van der Waals surface area contributed by atoms with Crippen molar-refractivity contribution in [3.05, 3.63) is 11.6 Å². The molecule has 1 amide bonds. The molecule has 0 radical (unpaired) electrons. The second kappa shape index (κ2) is 8.45. The van der Waals surface area contributed by atoms with Crippen LogP contribution in [-0.2, 0) is 29.1 Å². The van der Waals surface area contributed by atoms with Crippen molar-refractivity contribution in [3.8, 4) is 0 Å². The molecule has 1 aromatic heterocycles. The maximum absolute atomic E-state index is 12.7. The molecular formula is C18H31N5O3. The second-order valence-corrected chi connectivity index (χ2v) is 7.49. The van der Waals surface area contributed by atoms with E-state index in [0.717, 1.165) is 63.5 Å². The Balaban J connectivity index is 1.54. The van der Waals surface area contributed by atoms with Crippen LogP contribution in [0, 0.1) is 0 Å². The highest BCUT2D eigenvalue weighted by atomic mass is 16.5. The zero-order valence-electron chi connectivity index (χ0n) is 15.9. The van der Waals surface area contributed by atoms with Crippen molar-refractivity contribution in [3.63, 3.8) is 0 Å². The van der Waals surface area contributed by atoms with Gasteiger partial charge in [-0.05, 0) is 38.6 Å². The highest BCUT2D eigenvalue weighted by molar-refractivity contribution is 5.85. The summed E-state index contributed by atoms with van der Waals surface area (Å²) in [4.78, 5) is 15.0. The van der Waals surface area contributed by atoms with Crippen LogP contribution in [0.15, 0.2) is 0 Å². The molecule has 1 fully saturated rings. The number of fused-ring (bicyclic) bond motifs is 1. The number of rotatable bonds is 6. The average molecular weight is 365 g/mol. The van der Waals surface area contributed by atoms with E-state index in [-0.39, 0.29) is 11.9 Å². The van der Waals surface area contributed by atoms with Gasteiger partial charge in [0, 0.05) is 39.2 Å². The number of aryl methyl sites for hydroxylation is 1. The number of carbonyl (C=O) groups is 1. The monoisotopic (exact) mass is 365 g/mol. The van der Waals surface area contributed by atoms with E-state index in [1.165, 1.54) is 0 Å². The Morgan fingerprint density at radius 1 is 1.31 bits per heavy atom. The predicted molar refractivity (Wildman–Crippen MR) is 96.5 cm³/mol. The largest absolute Gasteiger partial charge is 0.380 e. The number of likely N-dealkylation sites (tertiary alicyclic amines) is 1. The number of hydrogen-bond donors (Lipinski definition) is 2. The molecule has 1 atom stereocenters. The van der Waals surface area contributed by atoms with Gasteiger partial charge in [-0.2, -0.15) is 0 Å². The number of ether oxygens (including phenoxy) is 1. The van der Waals surface area contributed by atoms with Crippen molar-refractivity contribution in [1.82, 2.24) is 25.0 Å². The van der Waals surface area contributed by atoms with Crippen molar-refractivity contribution in [2.45, 2.75) is 70.2 Å². The van der Waals surface area contributed by atoms with Crippen molar-refractivity contribution in [1.29, 1.82) is 0 Å². The number of hydrogen-bond acceptors (Lipinski definition) is 6. The van der Waals surface area contributed by atoms with Gasteiger partial charge in [0.25, 0.3) is 5.91 Å². The van der Waals surface area contributed by atoms with Crippen molar-refractivity contribution in [2.75, 3.05) is 26.7 Å². The maximum Gasteiger partial charge on any atom is 0.252 e. The van der Waals surface area contributed by atoms with Crippen molar-refractivity contribution in [2.24, 2.45) is 0 Å². The third-order valence-electron chi connectivity index (χ3n) is 5.58. The van der Waals surface area contributed by atoms with Gasteiger partial charge in [0.2, 0.25) is 0 Å². The maximum atomic E-state index is 12.7. The molecule has 3 heterocycles. The normalized spacial score (nSPS) is 23.3. The van der Waals surface area contributed by atoms with E-state index in [0.29, 0.717) is 19.4 Å². The number of amides is 1. The third-order valence-corrected chi connectivity index (χ3v) is 5.58. The first-order valence-corrected chi connectivity index (χ1v) is 9.71. The fourth-order valence-electron chi connectivity index (χ4n) is 3.94. The molecule has 1 aromatic rings. The first-order valence-electron chi connectivity index (χ1n) is 9.71. The number of aromatic nitrogens is 3. The smallest absolute Gasteiger partial charge is 0.252 e. The van der Waals surface area contributed by atoms with Crippen molar-refractivity contribution >= 4 is 5.91 Å². The lowest BCUT2D eigenvalue weighted by molar-refractivity contribution is -0.145. The fourth-order valence-corrected chi connectivity index (χ4v) is 3.94. The summed E-state index contributed by atoms with van der Waals surface area (Å²) < 4.78 is 7.26. The molecule has 0 aliphatic carbocycles. The molecule has 1 unspecified atom stereocenters. The van der Waals surface area contributed by atoms with E-state index in [9.17, 15) is 9.90 Å². The molecule has 26 heavy (non-hydrogen) atoms. The zero-order valence-corrected chi connectivity index (χ0v) is 15.9. The van der Waals surface area contributed by atoms with E-state index in [1.54, 1.807) is 7.11 Å². The van der Waals surface area contributed by atoms with E-state index < -0.39 is 5.60 Å².